The Bertz CT molecular complexity index is 707. The molecule has 4 N–H and O–H groups in total. The Labute approximate surface area is 162 Å². The highest BCUT2D eigenvalue weighted by atomic mass is 35.5. The zero-order chi connectivity index (χ0) is 17.8. The molecule has 3 rings (SSSR count). The predicted molar refractivity (Wildman–Crippen MR) is 108 cm³/mol. The second-order valence-electron chi connectivity index (χ2n) is 7.00. The van der Waals surface area contributed by atoms with E-state index in [-0.39, 0.29) is 18.4 Å². The van der Waals surface area contributed by atoms with Gasteiger partial charge in [-0.1, -0.05) is 50.2 Å². The highest BCUT2D eigenvalue weighted by Crippen LogP contribution is 2.36. The molecular formula is C21H29ClN2O2. The Morgan fingerprint density at radius 2 is 1.92 bits per heavy atom. The van der Waals surface area contributed by atoms with E-state index in [4.69, 9.17) is 10.5 Å². The molecular weight excluding hydrogens is 348 g/mol. The maximum absolute atomic E-state index is 10.7. The molecule has 0 bridgehead atoms. The fraction of sp³-hybridized carbons (Fsp3) is 0.429. The van der Waals surface area contributed by atoms with Gasteiger partial charge in [0.15, 0.2) is 0 Å². The molecule has 2 aromatic carbocycles. The van der Waals surface area contributed by atoms with Crippen LogP contribution < -0.4 is 15.8 Å². The van der Waals surface area contributed by atoms with Gasteiger partial charge >= 0.3 is 0 Å². The number of aliphatic hydroxyl groups excluding tert-OH is 1. The first-order valence-corrected chi connectivity index (χ1v) is 9.05. The molecule has 0 spiro atoms. The molecule has 1 aliphatic carbocycles. The van der Waals surface area contributed by atoms with Crippen molar-refractivity contribution < 1.29 is 9.84 Å². The van der Waals surface area contributed by atoms with E-state index in [0.717, 1.165) is 40.8 Å². The molecule has 0 saturated heterocycles. The first kappa shape index (κ1) is 20.7. The highest BCUT2D eigenvalue weighted by molar-refractivity contribution is 5.85. The van der Waals surface area contributed by atoms with Crippen LogP contribution in [0, 0.1) is 0 Å². The fourth-order valence-electron chi connectivity index (χ4n) is 3.63. The summed E-state index contributed by atoms with van der Waals surface area (Å²) in [6.07, 6.45) is 1.31. The third-order valence-electron chi connectivity index (χ3n) is 4.82. The van der Waals surface area contributed by atoms with Gasteiger partial charge in [0, 0.05) is 24.2 Å². The molecule has 142 valence electrons. The van der Waals surface area contributed by atoms with Gasteiger partial charge in [0.05, 0.1) is 6.10 Å². The van der Waals surface area contributed by atoms with E-state index in [0.29, 0.717) is 19.2 Å². The van der Waals surface area contributed by atoms with E-state index in [1.54, 1.807) is 0 Å². The Morgan fingerprint density at radius 1 is 1.19 bits per heavy atom. The van der Waals surface area contributed by atoms with Crippen molar-refractivity contribution in [2.45, 2.75) is 58.0 Å². The minimum Gasteiger partial charge on any atom is -0.489 e. The van der Waals surface area contributed by atoms with Gasteiger partial charge in [-0.05, 0) is 35.6 Å². The van der Waals surface area contributed by atoms with Crippen molar-refractivity contribution in [3.8, 4) is 5.75 Å². The van der Waals surface area contributed by atoms with Crippen molar-refractivity contribution in [3.05, 3.63) is 64.7 Å². The minimum absolute atomic E-state index is 0. The van der Waals surface area contributed by atoms with Crippen LogP contribution in [0.3, 0.4) is 0 Å². The van der Waals surface area contributed by atoms with Crippen LogP contribution in [0.15, 0.2) is 42.5 Å². The van der Waals surface area contributed by atoms with Crippen LogP contribution in [0.1, 0.15) is 48.6 Å². The summed E-state index contributed by atoms with van der Waals surface area (Å²) in [6.45, 7) is 5.15. The van der Waals surface area contributed by atoms with Crippen LogP contribution in [0.25, 0.3) is 0 Å². The van der Waals surface area contributed by atoms with Crippen LogP contribution in [-0.2, 0) is 19.6 Å². The normalized spacial score (nSPS) is 19.0. The fourth-order valence-corrected chi connectivity index (χ4v) is 3.63. The number of rotatable bonds is 6. The van der Waals surface area contributed by atoms with Crippen molar-refractivity contribution in [2.75, 3.05) is 0 Å². The van der Waals surface area contributed by atoms with Gasteiger partial charge in [0.25, 0.3) is 0 Å². The quantitative estimate of drug-likeness (QED) is 0.721. The Morgan fingerprint density at radius 3 is 2.58 bits per heavy atom. The Hall–Kier alpha value is -1.59. The molecule has 2 atom stereocenters. The topological polar surface area (TPSA) is 67.5 Å². The van der Waals surface area contributed by atoms with Gasteiger partial charge in [0.1, 0.15) is 12.4 Å². The van der Waals surface area contributed by atoms with Gasteiger partial charge < -0.3 is 20.9 Å². The first-order valence-electron chi connectivity index (χ1n) is 9.05. The molecule has 1 aliphatic rings. The van der Waals surface area contributed by atoms with E-state index in [2.05, 4.69) is 19.2 Å². The summed E-state index contributed by atoms with van der Waals surface area (Å²) < 4.78 is 6.03. The lowest BCUT2D eigenvalue weighted by atomic mass is 9.82. The number of aliphatic hydroxyl groups is 1. The second-order valence-corrected chi connectivity index (χ2v) is 7.00. The number of benzene rings is 2. The standard InChI is InChI=1S/C21H28N2O2.ClH/c1-14(2)23-19-10-8-16-17(21(19)24)9-11-20(18(16)12-22)25-13-15-6-4-3-5-7-15;/h3-7,9,11,14,19,21,23-24H,8,10,12-13,22H2,1-2H3;1H. The van der Waals surface area contributed by atoms with Crippen molar-refractivity contribution in [2.24, 2.45) is 5.73 Å². The summed E-state index contributed by atoms with van der Waals surface area (Å²) in [6, 6.07) is 14.5. The molecule has 5 heteroatoms. The zero-order valence-electron chi connectivity index (χ0n) is 15.4. The molecule has 2 aromatic rings. The Kier molecular flexibility index (Phi) is 7.47. The molecule has 0 aliphatic heterocycles. The number of nitrogens with two attached hydrogens (primary N) is 1. The number of nitrogens with one attached hydrogen (secondary N) is 1. The number of ether oxygens (including phenoxy) is 1. The molecule has 26 heavy (non-hydrogen) atoms. The highest BCUT2D eigenvalue weighted by Gasteiger charge is 2.30. The summed E-state index contributed by atoms with van der Waals surface area (Å²) in [5.41, 5.74) is 10.3. The lowest BCUT2D eigenvalue weighted by Crippen LogP contribution is -2.42. The van der Waals surface area contributed by atoms with Crippen LogP contribution in [-0.4, -0.2) is 17.2 Å². The Balaban J connectivity index is 0.00000243. The van der Waals surface area contributed by atoms with E-state index in [1.165, 1.54) is 0 Å². The monoisotopic (exact) mass is 376 g/mol. The van der Waals surface area contributed by atoms with Crippen LogP contribution in [0.5, 0.6) is 5.75 Å². The molecule has 0 fully saturated rings. The summed E-state index contributed by atoms with van der Waals surface area (Å²) >= 11 is 0. The van der Waals surface area contributed by atoms with Gasteiger partial charge in [-0.15, -0.1) is 12.4 Å². The predicted octanol–water partition coefficient (Wildman–Crippen LogP) is 3.49. The van der Waals surface area contributed by atoms with E-state index in [1.807, 2.05) is 42.5 Å². The zero-order valence-corrected chi connectivity index (χ0v) is 16.3. The molecule has 2 unspecified atom stereocenters. The van der Waals surface area contributed by atoms with Gasteiger partial charge in [0.2, 0.25) is 0 Å². The minimum atomic E-state index is -0.500. The molecule has 0 saturated carbocycles. The summed E-state index contributed by atoms with van der Waals surface area (Å²) in [4.78, 5) is 0. The molecule has 0 radical (unpaired) electrons. The summed E-state index contributed by atoms with van der Waals surface area (Å²) in [5.74, 6) is 0.826. The third kappa shape index (κ3) is 4.57. The molecule has 4 nitrogen and oxygen atoms in total. The number of fused-ring (bicyclic) bond motifs is 1. The molecule has 0 amide bonds. The second kappa shape index (κ2) is 9.38. The maximum Gasteiger partial charge on any atom is 0.124 e. The number of halogens is 1. The summed E-state index contributed by atoms with van der Waals surface area (Å²) in [7, 11) is 0. The average Bonchev–Trinajstić information content (AvgIpc) is 2.62. The molecule has 0 aromatic heterocycles. The lowest BCUT2D eigenvalue weighted by molar-refractivity contribution is 0.110. The van der Waals surface area contributed by atoms with E-state index >= 15 is 0 Å². The van der Waals surface area contributed by atoms with Crippen molar-refractivity contribution in [1.82, 2.24) is 5.32 Å². The van der Waals surface area contributed by atoms with E-state index < -0.39 is 6.10 Å². The van der Waals surface area contributed by atoms with E-state index in [9.17, 15) is 5.11 Å². The van der Waals surface area contributed by atoms with Crippen molar-refractivity contribution >= 4 is 12.4 Å². The first-order chi connectivity index (χ1) is 12.1. The van der Waals surface area contributed by atoms with Crippen LogP contribution >= 0.6 is 12.4 Å². The average molecular weight is 377 g/mol. The number of hydrogen-bond donors (Lipinski definition) is 3. The smallest absolute Gasteiger partial charge is 0.124 e. The van der Waals surface area contributed by atoms with Gasteiger partial charge in [-0.25, -0.2) is 0 Å². The number of hydrogen-bond acceptors (Lipinski definition) is 4. The largest absolute Gasteiger partial charge is 0.489 e. The summed E-state index contributed by atoms with van der Waals surface area (Å²) in [5, 5.41) is 14.2. The molecule has 0 heterocycles. The van der Waals surface area contributed by atoms with Crippen LogP contribution in [0.2, 0.25) is 0 Å². The third-order valence-corrected chi connectivity index (χ3v) is 4.82. The lowest BCUT2D eigenvalue weighted by Gasteiger charge is -2.33. The maximum atomic E-state index is 10.7. The van der Waals surface area contributed by atoms with Gasteiger partial charge in [-0.2, -0.15) is 0 Å². The van der Waals surface area contributed by atoms with Crippen LogP contribution in [0.4, 0.5) is 0 Å². The van der Waals surface area contributed by atoms with Crippen molar-refractivity contribution in [3.63, 3.8) is 0 Å². The van der Waals surface area contributed by atoms with Gasteiger partial charge in [-0.3, -0.25) is 0 Å². The SMILES string of the molecule is CC(C)NC1CCc2c(ccc(OCc3ccccc3)c2CN)C1O.Cl. The van der Waals surface area contributed by atoms with Crippen molar-refractivity contribution in [1.29, 1.82) is 0 Å².